The maximum atomic E-state index is 5.34. The van der Waals surface area contributed by atoms with Gasteiger partial charge in [-0.1, -0.05) is 0 Å². The molecule has 0 aliphatic rings. The zero-order valence-electron chi connectivity index (χ0n) is 9.93. The summed E-state index contributed by atoms with van der Waals surface area (Å²) < 4.78 is 6.16. The number of furan rings is 1. The van der Waals surface area contributed by atoms with E-state index in [4.69, 9.17) is 10.3 Å². The minimum Gasteiger partial charge on any atom is -0.467 e. The summed E-state index contributed by atoms with van der Waals surface area (Å²) in [7, 11) is 0. The van der Waals surface area contributed by atoms with Gasteiger partial charge in [-0.15, -0.1) is 0 Å². The van der Waals surface area contributed by atoms with Crippen LogP contribution in [0.25, 0.3) is 0 Å². The van der Waals surface area contributed by atoms with Crippen LogP contribution in [-0.2, 0) is 6.54 Å². The Balaban J connectivity index is 2.26. The molecule has 2 aromatic heterocycles. The summed E-state index contributed by atoms with van der Waals surface area (Å²) in [5, 5.41) is 0. The molecule has 0 radical (unpaired) electrons. The Kier molecular flexibility index (Phi) is 4.16. The Morgan fingerprint density at radius 2 is 2.39 bits per heavy atom. The number of nitrogen functional groups attached to an aromatic ring is 1. The number of rotatable bonds is 5. The van der Waals surface area contributed by atoms with Crippen LogP contribution in [0, 0.1) is 0 Å². The Hall–Kier alpha value is -1.60. The van der Waals surface area contributed by atoms with Gasteiger partial charge in [0.05, 0.1) is 17.3 Å². The van der Waals surface area contributed by atoms with Crippen molar-refractivity contribution in [2.45, 2.75) is 13.5 Å². The second kappa shape index (κ2) is 5.83. The lowest BCUT2D eigenvalue weighted by Gasteiger charge is -2.22. The largest absolute Gasteiger partial charge is 0.467 e. The molecule has 0 saturated heterocycles. The average molecular weight is 312 g/mol. The summed E-state index contributed by atoms with van der Waals surface area (Å²) >= 11 is 3.44. The molecule has 0 fully saturated rings. The van der Waals surface area contributed by atoms with Gasteiger partial charge in [0.2, 0.25) is 5.95 Å². The van der Waals surface area contributed by atoms with Crippen molar-refractivity contribution in [3.63, 3.8) is 0 Å². The number of nitrogens with zero attached hydrogens (tertiary/aromatic N) is 3. The van der Waals surface area contributed by atoms with Gasteiger partial charge in [0.1, 0.15) is 11.6 Å². The number of nitrogens with one attached hydrogen (secondary N) is 1. The lowest BCUT2D eigenvalue weighted by molar-refractivity contribution is 0.502. The van der Waals surface area contributed by atoms with Gasteiger partial charge in [0, 0.05) is 12.7 Å². The summed E-state index contributed by atoms with van der Waals surface area (Å²) in [4.78, 5) is 10.4. The van der Waals surface area contributed by atoms with E-state index in [9.17, 15) is 0 Å². The molecule has 0 atom stereocenters. The van der Waals surface area contributed by atoms with Gasteiger partial charge >= 0.3 is 0 Å². The molecule has 2 rings (SSSR count). The van der Waals surface area contributed by atoms with Crippen LogP contribution in [0.1, 0.15) is 12.7 Å². The highest BCUT2D eigenvalue weighted by Crippen LogP contribution is 2.25. The molecule has 6 nitrogen and oxygen atoms in total. The van der Waals surface area contributed by atoms with Gasteiger partial charge < -0.3 is 9.32 Å². The molecule has 0 amide bonds. The summed E-state index contributed by atoms with van der Waals surface area (Å²) in [6.45, 7) is 3.48. The van der Waals surface area contributed by atoms with Crippen LogP contribution in [0.5, 0.6) is 0 Å². The first-order valence-electron chi connectivity index (χ1n) is 5.51. The molecule has 18 heavy (non-hydrogen) atoms. The van der Waals surface area contributed by atoms with Crippen LogP contribution in [-0.4, -0.2) is 16.5 Å². The predicted octanol–water partition coefficient (Wildman–Crippen LogP) is 2.14. The van der Waals surface area contributed by atoms with E-state index in [0.717, 1.165) is 22.6 Å². The lowest BCUT2D eigenvalue weighted by atomic mass is 10.4. The second-order valence-corrected chi connectivity index (χ2v) is 4.46. The number of hydrogen-bond donors (Lipinski definition) is 2. The number of aromatic nitrogens is 2. The Labute approximate surface area is 113 Å². The van der Waals surface area contributed by atoms with Crippen molar-refractivity contribution in [2.24, 2.45) is 5.84 Å². The summed E-state index contributed by atoms with van der Waals surface area (Å²) in [5.41, 5.74) is 2.44. The normalized spacial score (nSPS) is 10.4. The zero-order valence-corrected chi connectivity index (χ0v) is 11.5. The quantitative estimate of drug-likeness (QED) is 0.650. The van der Waals surface area contributed by atoms with Gasteiger partial charge in [-0.05, 0) is 35.0 Å². The summed E-state index contributed by atoms with van der Waals surface area (Å²) in [6, 6.07) is 3.80. The van der Waals surface area contributed by atoms with E-state index in [2.05, 4.69) is 36.2 Å². The molecule has 0 saturated carbocycles. The molecule has 2 heterocycles. The monoisotopic (exact) mass is 311 g/mol. The lowest BCUT2D eigenvalue weighted by Crippen LogP contribution is -2.24. The first-order chi connectivity index (χ1) is 8.74. The molecule has 7 heteroatoms. The molecule has 0 aliphatic carbocycles. The van der Waals surface area contributed by atoms with Gasteiger partial charge in [-0.2, -0.15) is 4.98 Å². The Morgan fingerprint density at radius 1 is 1.56 bits per heavy atom. The minimum atomic E-state index is 0.381. The topological polar surface area (TPSA) is 80.2 Å². The third kappa shape index (κ3) is 2.80. The van der Waals surface area contributed by atoms with Crippen LogP contribution in [0.2, 0.25) is 0 Å². The maximum Gasteiger partial charge on any atom is 0.239 e. The zero-order chi connectivity index (χ0) is 13.0. The molecular formula is C11H14BrN5O. The van der Waals surface area contributed by atoms with E-state index >= 15 is 0 Å². The summed E-state index contributed by atoms with van der Waals surface area (Å²) in [6.07, 6.45) is 3.33. The highest BCUT2D eigenvalue weighted by atomic mass is 79.9. The molecule has 0 spiro atoms. The number of hydrazine groups is 1. The smallest absolute Gasteiger partial charge is 0.239 e. The van der Waals surface area contributed by atoms with E-state index in [0.29, 0.717) is 12.5 Å². The van der Waals surface area contributed by atoms with Gasteiger partial charge in [-0.25, -0.2) is 10.8 Å². The van der Waals surface area contributed by atoms with Crippen LogP contribution in [0.4, 0.5) is 11.8 Å². The maximum absolute atomic E-state index is 5.34. The van der Waals surface area contributed by atoms with Crippen molar-refractivity contribution in [1.82, 2.24) is 9.97 Å². The van der Waals surface area contributed by atoms with Crippen molar-refractivity contribution >= 4 is 27.7 Å². The fraction of sp³-hybridized carbons (Fsp3) is 0.273. The van der Waals surface area contributed by atoms with Crippen molar-refractivity contribution < 1.29 is 4.42 Å². The van der Waals surface area contributed by atoms with Gasteiger partial charge in [0.15, 0.2) is 0 Å². The minimum absolute atomic E-state index is 0.381. The van der Waals surface area contributed by atoms with Crippen LogP contribution in [0.15, 0.2) is 33.5 Å². The van der Waals surface area contributed by atoms with Crippen LogP contribution < -0.4 is 16.2 Å². The van der Waals surface area contributed by atoms with E-state index < -0.39 is 0 Å². The van der Waals surface area contributed by atoms with Gasteiger partial charge in [0.25, 0.3) is 0 Å². The first-order valence-corrected chi connectivity index (χ1v) is 6.30. The second-order valence-electron chi connectivity index (χ2n) is 3.60. The number of halogens is 1. The molecule has 0 aromatic carbocycles. The van der Waals surface area contributed by atoms with Crippen LogP contribution >= 0.6 is 15.9 Å². The number of hydrogen-bond acceptors (Lipinski definition) is 6. The number of nitrogens with two attached hydrogens (primary N) is 1. The van der Waals surface area contributed by atoms with E-state index in [-0.39, 0.29) is 0 Å². The van der Waals surface area contributed by atoms with Crippen molar-refractivity contribution in [3.8, 4) is 0 Å². The van der Waals surface area contributed by atoms with E-state index in [1.165, 1.54) is 0 Å². The highest BCUT2D eigenvalue weighted by molar-refractivity contribution is 9.10. The average Bonchev–Trinajstić information content (AvgIpc) is 2.90. The standard InChI is InChI=1S/C11H14BrN5O/c1-2-17(7-8-4-3-5-18-8)10-9(12)6-14-11(15-10)16-13/h3-6H,2,7,13H2,1H3,(H,14,15,16). The fourth-order valence-electron chi connectivity index (χ4n) is 1.58. The van der Waals surface area contributed by atoms with E-state index in [1.54, 1.807) is 12.5 Å². The van der Waals surface area contributed by atoms with Gasteiger partial charge in [-0.3, -0.25) is 5.43 Å². The SMILES string of the molecule is CCN(Cc1ccco1)c1nc(NN)ncc1Br. The molecule has 0 bridgehead atoms. The molecule has 96 valence electrons. The fourth-order valence-corrected chi connectivity index (χ4v) is 2.02. The van der Waals surface area contributed by atoms with Crippen molar-refractivity contribution in [1.29, 1.82) is 0 Å². The molecule has 0 aliphatic heterocycles. The van der Waals surface area contributed by atoms with Crippen molar-refractivity contribution in [2.75, 3.05) is 16.9 Å². The molecule has 0 unspecified atom stereocenters. The van der Waals surface area contributed by atoms with Crippen LogP contribution in [0.3, 0.4) is 0 Å². The summed E-state index contributed by atoms with van der Waals surface area (Å²) in [5.74, 6) is 7.35. The van der Waals surface area contributed by atoms with E-state index in [1.807, 2.05) is 19.1 Å². The Bertz CT molecular complexity index is 502. The molecule has 3 N–H and O–H groups in total. The van der Waals surface area contributed by atoms with Crippen molar-refractivity contribution in [3.05, 3.63) is 34.8 Å². The third-order valence-electron chi connectivity index (χ3n) is 2.46. The first kappa shape index (κ1) is 12.8. The highest BCUT2D eigenvalue weighted by Gasteiger charge is 2.13. The molecule has 2 aromatic rings. The third-order valence-corrected chi connectivity index (χ3v) is 3.02. The number of anilines is 2. The molecular weight excluding hydrogens is 298 g/mol. The predicted molar refractivity (Wildman–Crippen MR) is 73.0 cm³/mol. The Morgan fingerprint density at radius 3 is 3.00 bits per heavy atom.